The van der Waals surface area contributed by atoms with E-state index in [1.165, 1.54) is 25.0 Å². The molecule has 100 valence electrons. The highest BCUT2D eigenvalue weighted by molar-refractivity contribution is 5.31. The molecule has 0 radical (unpaired) electrons. The van der Waals surface area contributed by atoms with Crippen molar-refractivity contribution in [1.82, 2.24) is 5.32 Å². The molecule has 0 bridgehead atoms. The van der Waals surface area contributed by atoms with E-state index in [1.54, 1.807) is 7.05 Å². The Hall–Kier alpha value is -1.16. The zero-order valence-electron chi connectivity index (χ0n) is 10.6. The van der Waals surface area contributed by atoms with Gasteiger partial charge in [-0.1, -0.05) is 12.8 Å². The summed E-state index contributed by atoms with van der Waals surface area (Å²) in [5.74, 6) is -1.01. The molecule has 2 nitrogen and oxygen atoms in total. The molecule has 1 aliphatic carbocycles. The van der Waals surface area contributed by atoms with Gasteiger partial charge in [-0.05, 0) is 43.5 Å². The molecule has 0 heterocycles. The fourth-order valence-electron chi connectivity index (χ4n) is 2.43. The van der Waals surface area contributed by atoms with Gasteiger partial charge in [0.2, 0.25) is 0 Å². The molecule has 0 aromatic heterocycles. The Morgan fingerprint density at radius 3 is 2.39 bits per heavy atom. The summed E-state index contributed by atoms with van der Waals surface area (Å²) in [6.45, 7) is 0.857. The number of nitrogens with one attached hydrogen (secondary N) is 1. The Morgan fingerprint density at radius 1 is 1.22 bits per heavy atom. The molecule has 0 atom stereocenters. The second kappa shape index (κ2) is 6.14. The van der Waals surface area contributed by atoms with Crippen LogP contribution in [-0.2, 0) is 6.54 Å². The molecule has 0 aliphatic heterocycles. The molecule has 2 rings (SSSR count). The van der Waals surface area contributed by atoms with Crippen molar-refractivity contribution in [2.45, 2.75) is 32.2 Å². The predicted molar refractivity (Wildman–Crippen MR) is 66.6 cm³/mol. The topological polar surface area (TPSA) is 21.3 Å². The maximum absolute atomic E-state index is 13.7. The van der Waals surface area contributed by atoms with Crippen LogP contribution in [0.5, 0.6) is 5.75 Å². The van der Waals surface area contributed by atoms with Crippen molar-refractivity contribution in [3.05, 3.63) is 29.3 Å². The van der Waals surface area contributed by atoms with Gasteiger partial charge in [-0.15, -0.1) is 0 Å². The fourth-order valence-corrected chi connectivity index (χ4v) is 2.43. The number of hydrogen-bond donors (Lipinski definition) is 1. The minimum Gasteiger partial charge on any atom is -0.487 e. The van der Waals surface area contributed by atoms with E-state index in [0.717, 1.165) is 12.8 Å². The Labute approximate surface area is 106 Å². The summed E-state index contributed by atoms with van der Waals surface area (Å²) in [5.41, 5.74) is 0.584. The van der Waals surface area contributed by atoms with E-state index in [-0.39, 0.29) is 5.75 Å². The summed E-state index contributed by atoms with van der Waals surface area (Å²) >= 11 is 0. The molecule has 1 aliphatic rings. The molecule has 1 aromatic rings. The van der Waals surface area contributed by atoms with E-state index in [0.29, 0.717) is 24.6 Å². The first-order valence-electron chi connectivity index (χ1n) is 6.46. The molecule has 0 spiro atoms. The Morgan fingerprint density at radius 2 is 1.83 bits per heavy atom. The van der Waals surface area contributed by atoms with E-state index < -0.39 is 11.6 Å². The number of benzene rings is 1. The van der Waals surface area contributed by atoms with E-state index in [2.05, 4.69) is 5.32 Å². The van der Waals surface area contributed by atoms with Gasteiger partial charge in [0.05, 0.1) is 6.61 Å². The highest BCUT2D eigenvalue weighted by Gasteiger charge is 2.18. The second-order valence-corrected chi connectivity index (χ2v) is 4.88. The van der Waals surface area contributed by atoms with E-state index in [9.17, 15) is 8.78 Å². The minimum absolute atomic E-state index is 0.234. The molecule has 4 heteroatoms. The van der Waals surface area contributed by atoms with Crippen molar-refractivity contribution in [3.63, 3.8) is 0 Å². The molecule has 0 saturated heterocycles. The Kier molecular flexibility index (Phi) is 4.53. The third kappa shape index (κ3) is 3.19. The van der Waals surface area contributed by atoms with Crippen LogP contribution in [0.1, 0.15) is 31.2 Å². The summed E-state index contributed by atoms with van der Waals surface area (Å²) in [5, 5.41) is 2.86. The van der Waals surface area contributed by atoms with E-state index >= 15 is 0 Å². The van der Waals surface area contributed by atoms with E-state index in [4.69, 9.17) is 4.74 Å². The van der Waals surface area contributed by atoms with Crippen molar-refractivity contribution in [1.29, 1.82) is 0 Å². The van der Waals surface area contributed by atoms with Crippen molar-refractivity contribution >= 4 is 0 Å². The summed E-state index contributed by atoms with van der Waals surface area (Å²) in [4.78, 5) is 0. The lowest BCUT2D eigenvalue weighted by Crippen LogP contribution is -2.11. The standard InChI is InChI=1S/C14H19F2NO/c1-17-8-11-6-12(15)14(13(16)7-11)18-9-10-4-2-3-5-10/h6-7,10,17H,2-5,8-9H2,1H3. The number of halogens is 2. The molecule has 18 heavy (non-hydrogen) atoms. The first-order valence-corrected chi connectivity index (χ1v) is 6.46. The predicted octanol–water partition coefficient (Wildman–Crippen LogP) is 3.25. The number of ether oxygens (including phenoxy) is 1. The third-order valence-electron chi connectivity index (χ3n) is 3.38. The second-order valence-electron chi connectivity index (χ2n) is 4.88. The number of rotatable bonds is 5. The monoisotopic (exact) mass is 255 g/mol. The molecule has 1 fully saturated rings. The summed E-state index contributed by atoms with van der Waals surface area (Å²) < 4.78 is 32.7. The van der Waals surface area contributed by atoms with Crippen LogP contribution in [0.4, 0.5) is 8.78 Å². The van der Waals surface area contributed by atoms with Gasteiger partial charge in [0.15, 0.2) is 17.4 Å². The largest absolute Gasteiger partial charge is 0.487 e. The molecule has 1 aromatic carbocycles. The third-order valence-corrected chi connectivity index (χ3v) is 3.38. The zero-order valence-corrected chi connectivity index (χ0v) is 10.6. The highest BCUT2D eigenvalue weighted by atomic mass is 19.1. The maximum Gasteiger partial charge on any atom is 0.190 e. The van der Waals surface area contributed by atoms with Gasteiger partial charge in [-0.2, -0.15) is 0 Å². The molecule has 1 N–H and O–H groups in total. The van der Waals surface area contributed by atoms with Crippen LogP contribution in [0.15, 0.2) is 12.1 Å². The first-order chi connectivity index (χ1) is 8.70. The summed E-state index contributed by atoms with van der Waals surface area (Å²) in [6.07, 6.45) is 4.59. The van der Waals surface area contributed by atoms with Crippen molar-refractivity contribution < 1.29 is 13.5 Å². The zero-order chi connectivity index (χ0) is 13.0. The van der Waals surface area contributed by atoms with Gasteiger partial charge in [0.1, 0.15) is 0 Å². The Balaban J connectivity index is 2.02. The summed E-state index contributed by atoms with van der Waals surface area (Å²) in [6, 6.07) is 2.65. The van der Waals surface area contributed by atoms with Gasteiger partial charge in [-0.3, -0.25) is 0 Å². The van der Waals surface area contributed by atoms with Gasteiger partial charge < -0.3 is 10.1 Å². The van der Waals surface area contributed by atoms with Crippen molar-refractivity contribution in [3.8, 4) is 5.75 Å². The van der Waals surface area contributed by atoms with Gasteiger partial charge in [0.25, 0.3) is 0 Å². The minimum atomic E-state index is -0.613. The Bertz CT molecular complexity index is 380. The molecule has 0 amide bonds. The van der Waals surface area contributed by atoms with Crippen LogP contribution in [0, 0.1) is 17.6 Å². The normalized spacial score (nSPS) is 16.2. The molecule has 1 saturated carbocycles. The average molecular weight is 255 g/mol. The van der Waals surface area contributed by atoms with Gasteiger partial charge in [0, 0.05) is 6.54 Å². The van der Waals surface area contributed by atoms with Crippen molar-refractivity contribution in [2.75, 3.05) is 13.7 Å². The lowest BCUT2D eigenvalue weighted by Gasteiger charge is -2.13. The van der Waals surface area contributed by atoms with Gasteiger partial charge >= 0.3 is 0 Å². The van der Waals surface area contributed by atoms with Crippen LogP contribution < -0.4 is 10.1 Å². The lowest BCUT2D eigenvalue weighted by atomic mass is 10.1. The fraction of sp³-hybridized carbons (Fsp3) is 0.571. The van der Waals surface area contributed by atoms with Gasteiger partial charge in [-0.25, -0.2) is 8.78 Å². The highest BCUT2D eigenvalue weighted by Crippen LogP contribution is 2.28. The van der Waals surface area contributed by atoms with Crippen LogP contribution >= 0.6 is 0 Å². The maximum atomic E-state index is 13.7. The van der Waals surface area contributed by atoms with Crippen LogP contribution in [-0.4, -0.2) is 13.7 Å². The van der Waals surface area contributed by atoms with E-state index in [1.807, 2.05) is 0 Å². The van der Waals surface area contributed by atoms with Crippen LogP contribution in [0.25, 0.3) is 0 Å². The van der Waals surface area contributed by atoms with Crippen LogP contribution in [0.2, 0.25) is 0 Å². The number of hydrogen-bond acceptors (Lipinski definition) is 2. The molecule has 0 unspecified atom stereocenters. The smallest absolute Gasteiger partial charge is 0.190 e. The van der Waals surface area contributed by atoms with Crippen molar-refractivity contribution in [2.24, 2.45) is 5.92 Å². The average Bonchev–Trinajstić information content (AvgIpc) is 2.81. The quantitative estimate of drug-likeness (QED) is 0.872. The van der Waals surface area contributed by atoms with Crippen LogP contribution in [0.3, 0.4) is 0 Å². The molecular weight excluding hydrogens is 236 g/mol. The lowest BCUT2D eigenvalue weighted by molar-refractivity contribution is 0.231. The first kappa shape index (κ1) is 13.3. The summed E-state index contributed by atoms with van der Waals surface area (Å²) in [7, 11) is 1.74. The molecular formula is C14H19F2NO. The SMILES string of the molecule is CNCc1cc(F)c(OCC2CCCC2)c(F)c1.